The lowest BCUT2D eigenvalue weighted by molar-refractivity contribution is 0.249. The molecule has 66 valence electrons. The predicted molar refractivity (Wildman–Crippen MR) is 44.6 cm³/mol. The maximum atomic E-state index is 10.3. The van der Waals surface area contributed by atoms with E-state index in [2.05, 4.69) is 15.3 Å². The summed E-state index contributed by atoms with van der Waals surface area (Å²) in [7, 11) is 0. The summed E-state index contributed by atoms with van der Waals surface area (Å²) in [6.07, 6.45) is 2.47. The van der Waals surface area contributed by atoms with Crippen molar-refractivity contribution in [1.29, 1.82) is 0 Å². The summed E-state index contributed by atoms with van der Waals surface area (Å²) in [5, 5.41) is 2.49. The predicted octanol–water partition coefficient (Wildman–Crippen LogP) is -0.0711. The van der Waals surface area contributed by atoms with E-state index < -0.39 is 6.03 Å². The molecule has 0 radical (unpaired) electrons. The third-order valence-electron chi connectivity index (χ3n) is 1.45. The summed E-state index contributed by atoms with van der Waals surface area (Å²) in [6.45, 7) is 2.42. The Morgan fingerprint density at radius 1 is 1.83 bits per heavy atom. The van der Waals surface area contributed by atoms with Crippen LogP contribution >= 0.6 is 0 Å². The number of aryl methyl sites for hydroxylation is 1. The van der Waals surface area contributed by atoms with Gasteiger partial charge in [0.15, 0.2) is 0 Å². The monoisotopic (exact) mass is 168 g/mol. The van der Waals surface area contributed by atoms with E-state index in [9.17, 15) is 4.79 Å². The van der Waals surface area contributed by atoms with E-state index in [0.29, 0.717) is 6.54 Å². The van der Waals surface area contributed by atoms with Crippen LogP contribution in [0.25, 0.3) is 0 Å². The fraction of sp³-hybridized carbons (Fsp3) is 0.429. The lowest BCUT2D eigenvalue weighted by Gasteiger charge is -1.98. The maximum Gasteiger partial charge on any atom is 0.312 e. The molecule has 1 rings (SSSR count). The van der Waals surface area contributed by atoms with Crippen molar-refractivity contribution in [3.8, 4) is 0 Å². The summed E-state index contributed by atoms with van der Waals surface area (Å²) in [4.78, 5) is 17.3. The normalized spacial score (nSPS) is 9.75. The van der Waals surface area contributed by atoms with Gasteiger partial charge in [0.25, 0.3) is 0 Å². The van der Waals surface area contributed by atoms with E-state index in [0.717, 1.165) is 17.9 Å². The average molecular weight is 168 g/mol. The number of aromatic amines is 1. The number of urea groups is 1. The number of carbonyl (C=O) groups excluding carboxylic acids is 1. The zero-order valence-corrected chi connectivity index (χ0v) is 6.92. The van der Waals surface area contributed by atoms with Gasteiger partial charge in [-0.05, 0) is 6.92 Å². The SMILES string of the molecule is Cc1ncc(CCNC(N)=O)[nH]1. The zero-order chi connectivity index (χ0) is 8.97. The van der Waals surface area contributed by atoms with Crippen LogP contribution in [0.4, 0.5) is 4.79 Å². The smallest absolute Gasteiger partial charge is 0.312 e. The number of nitrogens with two attached hydrogens (primary N) is 1. The van der Waals surface area contributed by atoms with Gasteiger partial charge < -0.3 is 16.0 Å². The average Bonchev–Trinajstić information content (AvgIpc) is 2.35. The molecule has 0 bridgehead atoms. The van der Waals surface area contributed by atoms with Crippen molar-refractivity contribution in [2.45, 2.75) is 13.3 Å². The minimum Gasteiger partial charge on any atom is -0.352 e. The first-order chi connectivity index (χ1) is 5.68. The van der Waals surface area contributed by atoms with Gasteiger partial charge in [-0.25, -0.2) is 9.78 Å². The van der Waals surface area contributed by atoms with E-state index in [-0.39, 0.29) is 0 Å². The fourth-order valence-electron chi connectivity index (χ4n) is 0.919. The number of nitrogens with one attached hydrogen (secondary N) is 2. The van der Waals surface area contributed by atoms with Crippen LogP contribution < -0.4 is 11.1 Å². The molecule has 5 nitrogen and oxygen atoms in total. The topological polar surface area (TPSA) is 83.8 Å². The van der Waals surface area contributed by atoms with Crippen molar-refractivity contribution < 1.29 is 4.79 Å². The Kier molecular flexibility index (Phi) is 2.68. The third kappa shape index (κ3) is 2.61. The second kappa shape index (κ2) is 3.75. The fourth-order valence-corrected chi connectivity index (χ4v) is 0.919. The molecule has 1 aromatic heterocycles. The van der Waals surface area contributed by atoms with Gasteiger partial charge in [-0.15, -0.1) is 0 Å². The summed E-state index contributed by atoms with van der Waals surface area (Å²) in [6, 6.07) is -0.494. The molecular weight excluding hydrogens is 156 g/mol. The molecule has 0 fully saturated rings. The van der Waals surface area contributed by atoms with Crippen LogP contribution in [-0.4, -0.2) is 22.5 Å². The van der Waals surface area contributed by atoms with Gasteiger partial charge in [-0.3, -0.25) is 0 Å². The number of imidazole rings is 1. The van der Waals surface area contributed by atoms with E-state index in [4.69, 9.17) is 5.73 Å². The van der Waals surface area contributed by atoms with Gasteiger partial charge in [-0.2, -0.15) is 0 Å². The number of rotatable bonds is 3. The molecule has 0 unspecified atom stereocenters. The molecular formula is C7H12N4O. The largest absolute Gasteiger partial charge is 0.352 e. The first-order valence-electron chi connectivity index (χ1n) is 3.72. The highest BCUT2D eigenvalue weighted by Crippen LogP contribution is 1.95. The standard InChI is InChI=1S/C7H12N4O/c1-5-10-4-6(11-5)2-3-9-7(8)12/h4H,2-3H2,1H3,(H,10,11)(H3,8,9,12). The van der Waals surface area contributed by atoms with Crippen LogP contribution in [-0.2, 0) is 6.42 Å². The first kappa shape index (κ1) is 8.58. The second-order valence-electron chi connectivity index (χ2n) is 2.53. The van der Waals surface area contributed by atoms with Crippen molar-refractivity contribution in [1.82, 2.24) is 15.3 Å². The van der Waals surface area contributed by atoms with Gasteiger partial charge in [0, 0.05) is 24.9 Å². The highest BCUT2D eigenvalue weighted by atomic mass is 16.2. The number of nitrogens with zero attached hydrogens (tertiary/aromatic N) is 1. The molecule has 0 saturated heterocycles. The Morgan fingerprint density at radius 2 is 2.58 bits per heavy atom. The molecule has 0 aromatic carbocycles. The molecule has 0 spiro atoms. The van der Waals surface area contributed by atoms with Crippen LogP contribution in [0.1, 0.15) is 11.5 Å². The Morgan fingerprint density at radius 3 is 3.08 bits per heavy atom. The number of primary amides is 1. The number of hydrogen-bond donors (Lipinski definition) is 3. The van der Waals surface area contributed by atoms with Crippen molar-refractivity contribution >= 4 is 6.03 Å². The molecule has 12 heavy (non-hydrogen) atoms. The minimum absolute atomic E-state index is 0.494. The molecule has 2 amide bonds. The minimum atomic E-state index is -0.494. The molecule has 0 saturated carbocycles. The third-order valence-corrected chi connectivity index (χ3v) is 1.45. The van der Waals surface area contributed by atoms with Gasteiger partial charge >= 0.3 is 6.03 Å². The zero-order valence-electron chi connectivity index (χ0n) is 6.92. The Labute approximate surface area is 70.4 Å². The van der Waals surface area contributed by atoms with Crippen molar-refractivity contribution in [2.75, 3.05) is 6.54 Å². The van der Waals surface area contributed by atoms with Gasteiger partial charge in [-0.1, -0.05) is 0 Å². The number of aromatic nitrogens is 2. The number of carbonyl (C=O) groups is 1. The highest BCUT2D eigenvalue weighted by molar-refractivity contribution is 5.71. The summed E-state index contributed by atoms with van der Waals surface area (Å²) < 4.78 is 0. The summed E-state index contributed by atoms with van der Waals surface area (Å²) in [5.74, 6) is 0.879. The highest BCUT2D eigenvalue weighted by Gasteiger charge is 1.96. The molecule has 5 heteroatoms. The van der Waals surface area contributed by atoms with Gasteiger partial charge in [0.1, 0.15) is 5.82 Å². The Bertz CT molecular complexity index is 268. The first-order valence-corrected chi connectivity index (χ1v) is 3.72. The lowest BCUT2D eigenvalue weighted by Crippen LogP contribution is -2.30. The van der Waals surface area contributed by atoms with Crippen LogP contribution in [0.15, 0.2) is 6.20 Å². The lowest BCUT2D eigenvalue weighted by atomic mass is 10.3. The molecule has 0 atom stereocenters. The van der Waals surface area contributed by atoms with E-state index in [1.807, 2.05) is 6.92 Å². The van der Waals surface area contributed by atoms with Crippen molar-refractivity contribution in [3.05, 3.63) is 17.7 Å². The summed E-state index contributed by atoms with van der Waals surface area (Å²) >= 11 is 0. The number of H-pyrrole nitrogens is 1. The Balaban J connectivity index is 2.29. The van der Waals surface area contributed by atoms with Crippen molar-refractivity contribution in [2.24, 2.45) is 5.73 Å². The van der Waals surface area contributed by atoms with Crippen LogP contribution in [0.2, 0.25) is 0 Å². The molecule has 0 aliphatic carbocycles. The second-order valence-corrected chi connectivity index (χ2v) is 2.53. The van der Waals surface area contributed by atoms with E-state index >= 15 is 0 Å². The molecule has 1 aromatic rings. The maximum absolute atomic E-state index is 10.3. The Hall–Kier alpha value is -1.52. The number of hydrogen-bond acceptors (Lipinski definition) is 2. The van der Waals surface area contributed by atoms with Gasteiger partial charge in [0.2, 0.25) is 0 Å². The molecule has 0 aliphatic heterocycles. The number of amides is 2. The molecule has 1 heterocycles. The van der Waals surface area contributed by atoms with Gasteiger partial charge in [0.05, 0.1) is 0 Å². The van der Waals surface area contributed by atoms with Crippen molar-refractivity contribution in [3.63, 3.8) is 0 Å². The van der Waals surface area contributed by atoms with Crippen LogP contribution in [0.5, 0.6) is 0 Å². The van der Waals surface area contributed by atoms with Crippen LogP contribution in [0, 0.1) is 6.92 Å². The summed E-state index contributed by atoms with van der Waals surface area (Å²) in [5.41, 5.74) is 5.89. The van der Waals surface area contributed by atoms with E-state index in [1.54, 1.807) is 6.20 Å². The molecule has 4 N–H and O–H groups in total. The van der Waals surface area contributed by atoms with Crippen LogP contribution in [0.3, 0.4) is 0 Å². The molecule has 0 aliphatic rings. The van der Waals surface area contributed by atoms with E-state index in [1.165, 1.54) is 0 Å². The quantitative estimate of drug-likeness (QED) is 0.590.